The maximum atomic E-state index is 13.2. The average Bonchev–Trinajstić information content (AvgIpc) is 2.30. The van der Waals surface area contributed by atoms with Crippen LogP contribution in [0.4, 0.5) is 10.1 Å². The van der Waals surface area contributed by atoms with Gasteiger partial charge in [0.25, 0.3) is 0 Å². The number of nitrogens with one attached hydrogen (secondary N) is 1. The maximum absolute atomic E-state index is 13.2. The Kier molecular flexibility index (Phi) is 5.72. The van der Waals surface area contributed by atoms with Crippen LogP contribution in [0.3, 0.4) is 0 Å². The molecule has 0 aliphatic carbocycles. The van der Waals surface area contributed by atoms with Crippen LogP contribution in [0.5, 0.6) is 0 Å². The van der Waals surface area contributed by atoms with Crippen molar-refractivity contribution in [3.05, 3.63) is 29.6 Å². The fraction of sp³-hybridized carbons (Fsp3) is 0.438. The van der Waals surface area contributed by atoms with E-state index in [-0.39, 0.29) is 17.9 Å². The summed E-state index contributed by atoms with van der Waals surface area (Å²) < 4.78 is 13.2. The van der Waals surface area contributed by atoms with Crippen LogP contribution in [0.15, 0.2) is 18.2 Å². The molecule has 0 unspecified atom stereocenters. The summed E-state index contributed by atoms with van der Waals surface area (Å²) >= 11 is 0. The number of halogens is 1. The van der Waals surface area contributed by atoms with E-state index >= 15 is 0 Å². The monoisotopic (exact) mass is 277 g/mol. The van der Waals surface area contributed by atoms with E-state index in [0.29, 0.717) is 24.1 Å². The van der Waals surface area contributed by atoms with Crippen molar-refractivity contribution in [3.63, 3.8) is 0 Å². The highest BCUT2D eigenvalue weighted by molar-refractivity contribution is 5.92. The topological polar surface area (TPSA) is 49.3 Å². The lowest BCUT2D eigenvalue weighted by atomic mass is 9.92. The molecule has 4 heteroatoms. The molecule has 3 nitrogen and oxygen atoms in total. The zero-order valence-corrected chi connectivity index (χ0v) is 12.1. The second kappa shape index (κ2) is 7.06. The van der Waals surface area contributed by atoms with Gasteiger partial charge in [0.05, 0.1) is 17.9 Å². The number of amides is 1. The van der Waals surface area contributed by atoms with Gasteiger partial charge in [-0.3, -0.25) is 4.79 Å². The van der Waals surface area contributed by atoms with E-state index in [1.807, 2.05) is 20.8 Å². The summed E-state index contributed by atoms with van der Waals surface area (Å²) in [4.78, 5) is 11.9. The molecule has 0 atom stereocenters. The lowest BCUT2D eigenvalue weighted by molar-refractivity contribution is -0.117. The molecule has 0 aromatic heterocycles. The summed E-state index contributed by atoms with van der Waals surface area (Å²) in [5.41, 5.74) is 0.791. The van der Waals surface area contributed by atoms with Gasteiger partial charge in [-0.1, -0.05) is 32.6 Å². The Balaban J connectivity index is 2.90. The van der Waals surface area contributed by atoms with Crippen molar-refractivity contribution < 1.29 is 14.3 Å². The molecule has 1 rings (SSSR count). The fourth-order valence-electron chi connectivity index (χ4n) is 1.62. The van der Waals surface area contributed by atoms with Crippen LogP contribution in [-0.2, 0) is 4.79 Å². The summed E-state index contributed by atoms with van der Waals surface area (Å²) in [7, 11) is 0. The van der Waals surface area contributed by atoms with E-state index in [9.17, 15) is 9.18 Å². The SMILES string of the molecule is CC(C)(C)CC(=O)Nc1ccc(F)cc1C#CCCO. The number of hydrogen-bond acceptors (Lipinski definition) is 2. The zero-order valence-electron chi connectivity index (χ0n) is 12.1. The molecule has 0 aliphatic rings. The van der Waals surface area contributed by atoms with Gasteiger partial charge in [0.2, 0.25) is 5.91 Å². The molecule has 1 aromatic carbocycles. The predicted octanol–water partition coefficient (Wildman–Crippen LogP) is 2.93. The number of benzene rings is 1. The van der Waals surface area contributed by atoms with Gasteiger partial charge >= 0.3 is 0 Å². The molecule has 0 spiro atoms. The number of carbonyl (C=O) groups is 1. The minimum Gasteiger partial charge on any atom is -0.395 e. The molecule has 1 aromatic rings. The minimum absolute atomic E-state index is 0.0476. The summed E-state index contributed by atoms with van der Waals surface area (Å²) in [6.07, 6.45) is 0.680. The molecular weight excluding hydrogens is 257 g/mol. The standard InChI is InChI=1S/C16H20FNO2/c1-16(2,3)11-15(20)18-14-8-7-13(17)10-12(14)6-4-5-9-19/h7-8,10,19H,5,9,11H2,1-3H3,(H,18,20). The van der Waals surface area contributed by atoms with E-state index in [1.165, 1.54) is 18.2 Å². The number of aliphatic hydroxyl groups is 1. The van der Waals surface area contributed by atoms with Crippen molar-refractivity contribution in [2.75, 3.05) is 11.9 Å². The minimum atomic E-state index is -0.410. The van der Waals surface area contributed by atoms with E-state index in [4.69, 9.17) is 5.11 Å². The molecule has 0 bridgehead atoms. The van der Waals surface area contributed by atoms with Gasteiger partial charge in [-0.25, -0.2) is 4.39 Å². The molecule has 0 fully saturated rings. The van der Waals surface area contributed by atoms with Gasteiger partial charge in [-0.2, -0.15) is 0 Å². The Morgan fingerprint density at radius 1 is 1.40 bits per heavy atom. The molecule has 108 valence electrons. The van der Waals surface area contributed by atoms with Gasteiger partial charge in [0, 0.05) is 12.8 Å². The molecule has 0 heterocycles. The molecule has 0 radical (unpaired) electrons. The quantitative estimate of drug-likeness (QED) is 0.835. The van der Waals surface area contributed by atoms with Gasteiger partial charge < -0.3 is 10.4 Å². The largest absolute Gasteiger partial charge is 0.395 e. The highest BCUT2D eigenvalue weighted by Gasteiger charge is 2.16. The summed E-state index contributed by atoms with van der Waals surface area (Å²) in [5, 5.41) is 11.4. The van der Waals surface area contributed by atoms with E-state index in [0.717, 1.165) is 0 Å². The van der Waals surface area contributed by atoms with Crippen LogP contribution in [0.25, 0.3) is 0 Å². The molecule has 0 aliphatic heterocycles. The first-order valence-electron chi connectivity index (χ1n) is 6.51. The lowest BCUT2D eigenvalue weighted by Crippen LogP contribution is -2.20. The fourth-order valence-corrected chi connectivity index (χ4v) is 1.62. The molecule has 0 saturated carbocycles. The van der Waals surface area contributed by atoms with Crippen molar-refractivity contribution >= 4 is 11.6 Å². The Bertz CT molecular complexity index is 536. The van der Waals surface area contributed by atoms with Gasteiger partial charge in [-0.05, 0) is 23.6 Å². The third-order valence-electron chi connectivity index (χ3n) is 2.41. The molecule has 2 N–H and O–H groups in total. The Hall–Kier alpha value is -1.86. The smallest absolute Gasteiger partial charge is 0.224 e. The third-order valence-corrected chi connectivity index (χ3v) is 2.41. The van der Waals surface area contributed by atoms with Crippen LogP contribution in [-0.4, -0.2) is 17.6 Å². The van der Waals surface area contributed by atoms with E-state index < -0.39 is 5.82 Å². The summed E-state index contributed by atoms with van der Waals surface area (Å²) in [5.74, 6) is 4.94. The highest BCUT2D eigenvalue weighted by Crippen LogP contribution is 2.21. The number of rotatable bonds is 3. The summed E-state index contributed by atoms with van der Waals surface area (Å²) in [6.45, 7) is 5.87. The number of anilines is 1. The lowest BCUT2D eigenvalue weighted by Gasteiger charge is -2.17. The Labute approximate surface area is 119 Å². The van der Waals surface area contributed by atoms with Crippen molar-refractivity contribution in [1.29, 1.82) is 0 Å². The number of carbonyl (C=O) groups excluding carboxylic acids is 1. The Morgan fingerprint density at radius 3 is 2.70 bits per heavy atom. The van der Waals surface area contributed by atoms with Crippen molar-refractivity contribution in [1.82, 2.24) is 0 Å². The normalized spacial score (nSPS) is 10.7. The maximum Gasteiger partial charge on any atom is 0.224 e. The van der Waals surface area contributed by atoms with E-state index in [2.05, 4.69) is 17.2 Å². The summed E-state index contributed by atoms with van der Waals surface area (Å²) in [6, 6.07) is 4.06. The predicted molar refractivity (Wildman–Crippen MR) is 77.7 cm³/mol. The van der Waals surface area contributed by atoms with Crippen molar-refractivity contribution in [2.24, 2.45) is 5.41 Å². The van der Waals surface area contributed by atoms with Crippen LogP contribution < -0.4 is 5.32 Å². The molecular formula is C16H20FNO2. The van der Waals surface area contributed by atoms with E-state index in [1.54, 1.807) is 0 Å². The third kappa shape index (κ3) is 5.85. The van der Waals surface area contributed by atoms with Crippen LogP contribution >= 0.6 is 0 Å². The Morgan fingerprint density at radius 2 is 2.10 bits per heavy atom. The first kappa shape index (κ1) is 16.2. The molecule has 20 heavy (non-hydrogen) atoms. The van der Waals surface area contributed by atoms with Gasteiger partial charge in [0.15, 0.2) is 0 Å². The zero-order chi connectivity index (χ0) is 15.2. The van der Waals surface area contributed by atoms with Gasteiger partial charge in [-0.15, -0.1) is 0 Å². The highest BCUT2D eigenvalue weighted by atomic mass is 19.1. The van der Waals surface area contributed by atoms with Crippen LogP contribution in [0.1, 0.15) is 39.2 Å². The van der Waals surface area contributed by atoms with Crippen molar-refractivity contribution in [2.45, 2.75) is 33.6 Å². The average molecular weight is 277 g/mol. The first-order valence-corrected chi connectivity index (χ1v) is 6.51. The van der Waals surface area contributed by atoms with Gasteiger partial charge in [0.1, 0.15) is 5.82 Å². The van der Waals surface area contributed by atoms with Crippen LogP contribution in [0, 0.1) is 23.1 Å². The first-order chi connectivity index (χ1) is 9.31. The van der Waals surface area contributed by atoms with Crippen LogP contribution in [0.2, 0.25) is 0 Å². The second-order valence-corrected chi connectivity index (χ2v) is 5.75. The number of hydrogen-bond donors (Lipinski definition) is 2. The number of aliphatic hydroxyl groups excluding tert-OH is 1. The molecule has 0 saturated heterocycles. The second-order valence-electron chi connectivity index (χ2n) is 5.75. The van der Waals surface area contributed by atoms with Crippen molar-refractivity contribution in [3.8, 4) is 11.8 Å². The molecule has 1 amide bonds.